The van der Waals surface area contributed by atoms with Gasteiger partial charge >= 0.3 is 0 Å². The molecule has 1 atom stereocenters. The molecule has 0 radical (unpaired) electrons. The molecule has 1 aromatic carbocycles. The van der Waals surface area contributed by atoms with E-state index in [1.165, 1.54) is 6.07 Å². The summed E-state index contributed by atoms with van der Waals surface area (Å²) in [5.74, 6) is -0.293. The lowest BCUT2D eigenvalue weighted by molar-refractivity contribution is 0.0695. The van der Waals surface area contributed by atoms with Gasteiger partial charge in [-0.1, -0.05) is 12.1 Å². The Morgan fingerprint density at radius 1 is 1.17 bits per heavy atom. The van der Waals surface area contributed by atoms with E-state index < -0.39 is 0 Å². The highest BCUT2D eigenvalue weighted by molar-refractivity contribution is 5.97. The molecule has 2 amide bonds. The summed E-state index contributed by atoms with van der Waals surface area (Å²) in [7, 11) is 0. The summed E-state index contributed by atoms with van der Waals surface area (Å²) in [6.07, 6.45) is 7.01. The molecule has 0 aliphatic carbocycles. The first-order valence-electron chi connectivity index (χ1n) is 10.2. The summed E-state index contributed by atoms with van der Waals surface area (Å²) < 4.78 is 1.88. The Balaban J connectivity index is 1.29. The first-order valence-corrected chi connectivity index (χ1v) is 10.2. The first-order chi connectivity index (χ1) is 14.1. The number of phenolic OH excluding ortho intramolecular Hbond substituents is 1. The maximum Gasteiger partial charge on any atom is 0.257 e. The van der Waals surface area contributed by atoms with Gasteiger partial charge in [0.1, 0.15) is 5.75 Å². The number of carbonyl (C=O) groups excluding carboxylic acids is 2. The van der Waals surface area contributed by atoms with Crippen molar-refractivity contribution in [3.05, 3.63) is 47.8 Å². The molecule has 2 aromatic rings. The SMILES string of the molecule is O=C(NC1CCN(C(=O)c2ccccc2O)CC1)c1cnn(C2CCCNC2)c1. The largest absolute Gasteiger partial charge is 0.507 e. The fraction of sp³-hybridized carbons (Fsp3) is 0.476. The van der Waals surface area contributed by atoms with Gasteiger partial charge in [0.2, 0.25) is 0 Å². The summed E-state index contributed by atoms with van der Waals surface area (Å²) in [4.78, 5) is 26.9. The first kappa shape index (κ1) is 19.4. The monoisotopic (exact) mass is 397 g/mol. The van der Waals surface area contributed by atoms with E-state index in [0.717, 1.165) is 25.9 Å². The van der Waals surface area contributed by atoms with Gasteiger partial charge in [0.05, 0.1) is 23.4 Å². The second-order valence-electron chi connectivity index (χ2n) is 7.77. The van der Waals surface area contributed by atoms with Crippen LogP contribution in [0.2, 0.25) is 0 Å². The van der Waals surface area contributed by atoms with Gasteiger partial charge in [-0.25, -0.2) is 0 Å². The fourth-order valence-electron chi connectivity index (χ4n) is 4.03. The molecule has 0 bridgehead atoms. The number of nitrogens with one attached hydrogen (secondary N) is 2. The Bertz CT molecular complexity index is 867. The van der Waals surface area contributed by atoms with Crippen LogP contribution in [0.15, 0.2) is 36.7 Å². The molecular weight excluding hydrogens is 370 g/mol. The van der Waals surface area contributed by atoms with E-state index in [0.29, 0.717) is 43.1 Å². The van der Waals surface area contributed by atoms with Crippen molar-refractivity contribution in [3.8, 4) is 5.75 Å². The van der Waals surface area contributed by atoms with Gasteiger partial charge in [-0.15, -0.1) is 0 Å². The van der Waals surface area contributed by atoms with E-state index in [4.69, 9.17) is 0 Å². The second kappa shape index (κ2) is 8.65. The van der Waals surface area contributed by atoms with E-state index >= 15 is 0 Å². The lowest BCUT2D eigenvalue weighted by Crippen LogP contribution is -2.46. The average Bonchev–Trinajstić information content (AvgIpc) is 3.25. The van der Waals surface area contributed by atoms with Crippen molar-refractivity contribution in [1.82, 2.24) is 25.3 Å². The molecule has 2 aliphatic rings. The minimum Gasteiger partial charge on any atom is -0.507 e. The molecule has 29 heavy (non-hydrogen) atoms. The van der Waals surface area contributed by atoms with Gasteiger partial charge < -0.3 is 20.6 Å². The van der Waals surface area contributed by atoms with E-state index in [1.807, 2.05) is 10.9 Å². The van der Waals surface area contributed by atoms with Crippen LogP contribution in [-0.4, -0.2) is 63.8 Å². The molecule has 1 unspecified atom stereocenters. The molecule has 2 fully saturated rings. The fourth-order valence-corrected chi connectivity index (χ4v) is 4.03. The number of aromatic nitrogens is 2. The zero-order chi connectivity index (χ0) is 20.2. The van der Waals surface area contributed by atoms with Crippen molar-refractivity contribution >= 4 is 11.8 Å². The number of likely N-dealkylation sites (tertiary alicyclic amines) is 1. The lowest BCUT2D eigenvalue weighted by Gasteiger charge is -2.32. The van der Waals surface area contributed by atoms with Crippen molar-refractivity contribution in [2.24, 2.45) is 0 Å². The molecule has 0 spiro atoms. The third-order valence-electron chi connectivity index (χ3n) is 5.76. The number of hydrogen-bond donors (Lipinski definition) is 3. The number of rotatable bonds is 4. The molecule has 0 saturated carbocycles. The number of hydrogen-bond acceptors (Lipinski definition) is 5. The Kier molecular flexibility index (Phi) is 5.80. The minimum absolute atomic E-state index is 0.00176. The number of benzene rings is 1. The maximum absolute atomic E-state index is 12.6. The van der Waals surface area contributed by atoms with Crippen LogP contribution < -0.4 is 10.6 Å². The predicted molar refractivity (Wildman–Crippen MR) is 108 cm³/mol. The Hall–Kier alpha value is -2.87. The van der Waals surface area contributed by atoms with Gasteiger partial charge in [-0.05, 0) is 44.4 Å². The minimum atomic E-state index is -0.171. The smallest absolute Gasteiger partial charge is 0.257 e. The van der Waals surface area contributed by atoms with E-state index in [-0.39, 0.29) is 23.6 Å². The van der Waals surface area contributed by atoms with Crippen LogP contribution >= 0.6 is 0 Å². The number of aromatic hydroxyl groups is 1. The molecule has 4 rings (SSSR count). The summed E-state index contributed by atoms with van der Waals surface area (Å²) in [5, 5.41) is 20.7. The second-order valence-corrected chi connectivity index (χ2v) is 7.77. The van der Waals surface area contributed by atoms with E-state index in [1.54, 1.807) is 29.3 Å². The quantitative estimate of drug-likeness (QED) is 0.727. The van der Waals surface area contributed by atoms with Gasteiger partial charge in [0.15, 0.2) is 0 Å². The van der Waals surface area contributed by atoms with Crippen LogP contribution in [-0.2, 0) is 0 Å². The highest BCUT2D eigenvalue weighted by atomic mass is 16.3. The molecule has 2 aliphatic heterocycles. The Morgan fingerprint density at radius 2 is 1.97 bits per heavy atom. The van der Waals surface area contributed by atoms with Crippen molar-refractivity contribution in [2.75, 3.05) is 26.2 Å². The summed E-state index contributed by atoms with van der Waals surface area (Å²) in [6, 6.07) is 6.91. The third kappa shape index (κ3) is 4.42. The van der Waals surface area contributed by atoms with Crippen LogP contribution in [0.25, 0.3) is 0 Å². The lowest BCUT2D eigenvalue weighted by atomic mass is 10.0. The van der Waals surface area contributed by atoms with Gasteiger partial charge in [0, 0.05) is 31.9 Å². The summed E-state index contributed by atoms with van der Waals surface area (Å²) in [5.41, 5.74) is 0.892. The van der Waals surface area contributed by atoms with Crippen LogP contribution in [0.3, 0.4) is 0 Å². The zero-order valence-electron chi connectivity index (χ0n) is 16.4. The molecular formula is C21H27N5O3. The van der Waals surface area contributed by atoms with E-state index in [2.05, 4.69) is 15.7 Å². The van der Waals surface area contributed by atoms with Crippen LogP contribution in [0.5, 0.6) is 5.75 Å². The third-order valence-corrected chi connectivity index (χ3v) is 5.76. The highest BCUT2D eigenvalue weighted by Gasteiger charge is 2.26. The number of para-hydroxylation sites is 1. The van der Waals surface area contributed by atoms with Gasteiger partial charge in [0.25, 0.3) is 11.8 Å². The predicted octanol–water partition coefficient (Wildman–Crippen LogP) is 1.55. The number of nitrogens with zero attached hydrogens (tertiary/aromatic N) is 3. The maximum atomic E-state index is 12.6. The molecule has 8 nitrogen and oxygen atoms in total. The molecule has 1 aromatic heterocycles. The van der Waals surface area contributed by atoms with Crippen LogP contribution in [0.4, 0.5) is 0 Å². The standard InChI is InChI=1S/C21H27N5O3/c27-19-6-2-1-5-18(19)21(29)25-10-7-16(8-11-25)24-20(28)15-12-23-26(14-15)17-4-3-9-22-13-17/h1-2,5-6,12,14,16-17,22,27H,3-4,7-11,13H2,(H,24,28). The Labute approximate surface area is 169 Å². The average molecular weight is 397 g/mol. The summed E-state index contributed by atoms with van der Waals surface area (Å²) in [6.45, 7) is 3.01. The molecule has 2 saturated heterocycles. The number of amides is 2. The number of phenols is 1. The van der Waals surface area contributed by atoms with Crippen molar-refractivity contribution < 1.29 is 14.7 Å². The molecule has 154 valence electrons. The topological polar surface area (TPSA) is 99.5 Å². The van der Waals surface area contributed by atoms with Crippen molar-refractivity contribution in [2.45, 2.75) is 37.8 Å². The zero-order valence-corrected chi connectivity index (χ0v) is 16.4. The van der Waals surface area contributed by atoms with Crippen molar-refractivity contribution in [3.63, 3.8) is 0 Å². The number of carbonyl (C=O) groups is 2. The normalized spacial score (nSPS) is 20.4. The van der Waals surface area contributed by atoms with E-state index in [9.17, 15) is 14.7 Å². The van der Waals surface area contributed by atoms with Gasteiger partial charge in [-0.3, -0.25) is 14.3 Å². The summed E-state index contributed by atoms with van der Waals surface area (Å²) >= 11 is 0. The van der Waals surface area contributed by atoms with Crippen molar-refractivity contribution in [1.29, 1.82) is 0 Å². The Morgan fingerprint density at radius 3 is 2.69 bits per heavy atom. The molecule has 8 heteroatoms. The van der Waals surface area contributed by atoms with Crippen LogP contribution in [0.1, 0.15) is 52.4 Å². The van der Waals surface area contributed by atoms with Gasteiger partial charge in [-0.2, -0.15) is 5.10 Å². The van der Waals surface area contributed by atoms with Crippen LogP contribution in [0, 0.1) is 0 Å². The molecule has 3 heterocycles. The molecule has 3 N–H and O–H groups in total. The number of piperidine rings is 2. The highest BCUT2D eigenvalue weighted by Crippen LogP contribution is 2.21.